The summed E-state index contributed by atoms with van der Waals surface area (Å²) in [5.41, 5.74) is 4.80. The van der Waals surface area contributed by atoms with Crippen LogP contribution in [-0.2, 0) is 6.54 Å². The lowest BCUT2D eigenvalue weighted by molar-refractivity contribution is 1.11. The van der Waals surface area contributed by atoms with Gasteiger partial charge in [-0.2, -0.15) is 0 Å². The molecule has 0 spiro atoms. The summed E-state index contributed by atoms with van der Waals surface area (Å²) in [5.74, 6) is 0. The maximum Gasteiger partial charge on any atom is 0.0408 e. The van der Waals surface area contributed by atoms with Crippen molar-refractivity contribution in [2.24, 2.45) is 0 Å². The minimum absolute atomic E-state index is 0.789. The summed E-state index contributed by atoms with van der Waals surface area (Å²) < 4.78 is 0. The van der Waals surface area contributed by atoms with E-state index in [0.717, 1.165) is 17.3 Å². The van der Waals surface area contributed by atoms with Gasteiger partial charge in [-0.1, -0.05) is 17.7 Å². The fraction of sp³-hybridized carbons (Fsp3) is 0.250. The summed E-state index contributed by atoms with van der Waals surface area (Å²) in [6, 6.07) is 14.4. The van der Waals surface area contributed by atoms with E-state index < -0.39 is 0 Å². The van der Waals surface area contributed by atoms with Crippen LogP contribution >= 0.6 is 11.6 Å². The lowest BCUT2D eigenvalue weighted by Gasteiger charge is -2.14. The molecule has 2 aromatic rings. The van der Waals surface area contributed by atoms with Crippen LogP contribution in [0.4, 0.5) is 11.4 Å². The van der Waals surface area contributed by atoms with Gasteiger partial charge in [-0.05, 0) is 54.4 Å². The fourth-order valence-electron chi connectivity index (χ4n) is 1.93. The Hall–Kier alpha value is -1.67. The van der Waals surface area contributed by atoms with Gasteiger partial charge in [-0.15, -0.1) is 0 Å². The Morgan fingerprint density at radius 2 is 1.74 bits per heavy atom. The Morgan fingerprint density at radius 3 is 2.32 bits per heavy atom. The first kappa shape index (κ1) is 13.8. The number of nitrogens with one attached hydrogen (secondary N) is 1. The third kappa shape index (κ3) is 3.65. The van der Waals surface area contributed by atoms with Crippen LogP contribution in [0.5, 0.6) is 0 Å². The van der Waals surface area contributed by atoms with Crippen LogP contribution in [0.1, 0.15) is 11.1 Å². The van der Waals surface area contributed by atoms with Gasteiger partial charge in [0.2, 0.25) is 0 Å². The maximum atomic E-state index is 5.96. The third-order valence-electron chi connectivity index (χ3n) is 3.17. The summed E-state index contributed by atoms with van der Waals surface area (Å²) in [5, 5.41) is 4.21. The molecule has 0 fully saturated rings. The van der Waals surface area contributed by atoms with Gasteiger partial charge in [0.1, 0.15) is 0 Å². The summed E-state index contributed by atoms with van der Waals surface area (Å²) in [6.07, 6.45) is 0. The molecular weight excluding hydrogens is 256 g/mol. The highest BCUT2D eigenvalue weighted by atomic mass is 35.5. The first-order valence-corrected chi connectivity index (χ1v) is 6.70. The Bertz CT molecular complexity index is 547. The second kappa shape index (κ2) is 5.98. The lowest BCUT2D eigenvalue weighted by atomic mass is 10.1. The molecule has 0 aromatic heterocycles. The van der Waals surface area contributed by atoms with Gasteiger partial charge in [0.15, 0.2) is 0 Å². The van der Waals surface area contributed by atoms with E-state index in [1.165, 1.54) is 16.8 Å². The van der Waals surface area contributed by atoms with Gasteiger partial charge in [0.05, 0.1) is 0 Å². The SMILES string of the molecule is Cc1cc(Cl)ccc1CNc1ccc(N(C)C)cc1. The van der Waals surface area contributed by atoms with Crippen LogP contribution in [0.2, 0.25) is 5.02 Å². The van der Waals surface area contributed by atoms with Gasteiger partial charge in [0, 0.05) is 37.0 Å². The lowest BCUT2D eigenvalue weighted by Crippen LogP contribution is -2.08. The summed E-state index contributed by atoms with van der Waals surface area (Å²) >= 11 is 5.96. The summed E-state index contributed by atoms with van der Waals surface area (Å²) in [6.45, 7) is 2.89. The second-order valence-corrected chi connectivity index (χ2v) is 5.30. The molecular formula is C16H19ClN2. The molecule has 0 aliphatic rings. The molecule has 0 aliphatic carbocycles. The van der Waals surface area contributed by atoms with E-state index in [9.17, 15) is 0 Å². The van der Waals surface area contributed by atoms with Crippen LogP contribution < -0.4 is 10.2 Å². The summed E-state index contributed by atoms with van der Waals surface area (Å²) in [4.78, 5) is 2.09. The number of hydrogen-bond acceptors (Lipinski definition) is 2. The molecule has 2 rings (SSSR count). The number of hydrogen-bond donors (Lipinski definition) is 1. The highest BCUT2D eigenvalue weighted by Gasteiger charge is 2.00. The van der Waals surface area contributed by atoms with E-state index in [4.69, 9.17) is 11.6 Å². The van der Waals surface area contributed by atoms with Crippen LogP contribution in [0, 0.1) is 6.92 Å². The van der Waals surface area contributed by atoms with E-state index in [-0.39, 0.29) is 0 Å². The van der Waals surface area contributed by atoms with Crippen LogP contribution in [-0.4, -0.2) is 14.1 Å². The van der Waals surface area contributed by atoms with Crippen molar-refractivity contribution in [2.75, 3.05) is 24.3 Å². The van der Waals surface area contributed by atoms with E-state index >= 15 is 0 Å². The average molecular weight is 275 g/mol. The molecule has 0 saturated carbocycles. The quantitative estimate of drug-likeness (QED) is 0.893. The van der Waals surface area contributed by atoms with E-state index in [1.54, 1.807) is 0 Å². The molecule has 0 unspecified atom stereocenters. The van der Waals surface area contributed by atoms with Crippen LogP contribution in [0.15, 0.2) is 42.5 Å². The molecule has 100 valence electrons. The van der Waals surface area contributed by atoms with Crippen LogP contribution in [0.25, 0.3) is 0 Å². The Kier molecular flexibility index (Phi) is 4.33. The van der Waals surface area contributed by atoms with Crippen molar-refractivity contribution >= 4 is 23.0 Å². The second-order valence-electron chi connectivity index (χ2n) is 4.87. The average Bonchev–Trinajstić information content (AvgIpc) is 2.38. The molecule has 19 heavy (non-hydrogen) atoms. The van der Waals surface area contributed by atoms with Crippen LogP contribution in [0.3, 0.4) is 0 Å². The fourth-order valence-corrected chi connectivity index (χ4v) is 2.16. The van der Waals surface area contributed by atoms with Crippen molar-refractivity contribution in [1.29, 1.82) is 0 Å². The maximum absolute atomic E-state index is 5.96. The number of aryl methyl sites for hydroxylation is 1. The number of halogens is 1. The van der Waals surface area contributed by atoms with E-state index in [1.807, 2.05) is 26.2 Å². The van der Waals surface area contributed by atoms with Gasteiger partial charge in [0.25, 0.3) is 0 Å². The molecule has 0 aliphatic heterocycles. The van der Waals surface area contributed by atoms with Crippen molar-refractivity contribution in [3.8, 4) is 0 Å². The van der Waals surface area contributed by atoms with Crippen molar-refractivity contribution < 1.29 is 0 Å². The van der Waals surface area contributed by atoms with Crippen molar-refractivity contribution in [1.82, 2.24) is 0 Å². The molecule has 3 heteroatoms. The number of anilines is 2. The molecule has 0 atom stereocenters. The predicted molar refractivity (Wildman–Crippen MR) is 84.3 cm³/mol. The van der Waals surface area contributed by atoms with Crippen molar-refractivity contribution in [3.05, 3.63) is 58.6 Å². The smallest absolute Gasteiger partial charge is 0.0408 e. The van der Waals surface area contributed by atoms with Gasteiger partial charge >= 0.3 is 0 Å². The zero-order valence-corrected chi connectivity index (χ0v) is 12.3. The first-order chi connectivity index (χ1) is 9.06. The molecule has 2 nitrogen and oxygen atoms in total. The zero-order valence-electron chi connectivity index (χ0n) is 11.6. The minimum Gasteiger partial charge on any atom is -0.381 e. The van der Waals surface area contributed by atoms with E-state index in [2.05, 4.69) is 47.5 Å². The van der Waals surface area contributed by atoms with Crippen molar-refractivity contribution in [3.63, 3.8) is 0 Å². The molecule has 2 aromatic carbocycles. The number of benzene rings is 2. The predicted octanol–water partition coefficient (Wildman–Crippen LogP) is 4.33. The molecule has 0 bridgehead atoms. The summed E-state index contributed by atoms with van der Waals surface area (Å²) in [7, 11) is 4.08. The molecule has 0 heterocycles. The first-order valence-electron chi connectivity index (χ1n) is 6.32. The van der Waals surface area contributed by atoms with Crippen molar-refractivity contribution in [2.45, 2.75) is 13.5 Å². The van der Waals surface area contributed by atoms with Gasteiger partial charge < -0.3 is 10.2 Å². The Balaban J connectivity index is 2.02. The topological polar surface area (TPSA) is 15.3 Å². The Morgan fingerprint density at radius 1 is 1.05 bits per heavy atom. The highest BCUT2D eigenvalue weighted by Crippen LogP contribution is 2.19. The Labute approximate surface area is 120 Å². The van der Waals surface area contributed by atoms with Gasteiger partial charge in [-0.25, -0.2) is 0 Å². The highest BCUT2D eigenvalue weighted by molar-refractivity contribution is 6.30. The number of nitrogens with zero attached hydrogens (tertiary/aromatic N) is 1. The largest absolute Gasteiger partial charge is 0.381 e. The monoisotopic (exact) mass is 274 g/mol. The minimum atomic E-state index is 0.789. The standard InChI is InChI=1S/C16H19ClN2/c1-12-10-14(17)5-4-13(12)11-18-15-6-8-16(9-7-15)19(2)3/h4-10,18H,11H2,1-3H3. The number of rotatable bonds is 4. The third-order valence-corrected chi connectivity index (χ3v) is 3.41. The molecule has 0 saturated heterocycles. The zero-order chi connectivity index (χ0) is 13.8. The molecule has 0 amide bonds. The van der Waals surface area contributed by atoms with Gasteiger partial charge in [-0.3, -0.25) is 0 Å². The normalized spacial score (nSPS) is 10.3. The molecule has 0 radical (unpaired) electrons. The molecule has 1 N–H and O–H groups in total. The van der Waals surface area contributed by atoms with E-state index in [0.29, 0.717) is 0 Å².